The molecule has 0 bridgehead atoms. The van der Waals surface area contributed by atoms with Crippen LogP contribution >= 0.6 is 0 Å². The summed E-state index contributed by atoms with van der Waals surface area (Å²) in [5.41, 5.74) is 4.66. The molecule has 2 N–H and O–H groups in total. The number of carbonyl (C=O) groups is 3. The van der Waals surface area contributed by atoms with Crippen LogP contribution in [-0.2, 0) is 14.3 Å². The van der Waals surface area contributed by atoms with Crippen LogP contribution in [0.5, 0.6) is 0 Å². The van der Waals surface area contributed by atoms with Crippen LogP contribution in [0, 0.1) is 17.8 Å². The molecule has 2 aromatic rings. The summed E-state index contributed by atoms with van der Waals surface area (Å²) in [5.74, 6) is -0.981. The van der Waals surface area contributed by atoms with Gasteiger partial charge >= 0.3 is 12.1 Å². The molecule has 0 saturated carbocycles. The molecule has 1 unspecified atom stereocenters. The van der Waals surface area contributed by atoms with Gasteiger partial charge in [0.25, 0.3) is 0 Å². The molecule has 0 aromatic heterocycles. The van der Waals surface area contributed by atoms with Crippen molar-refractivity contribution in [3.8, 4) is 11.1 Å². The third-order valence-corrected chi connectivity index (χ3v) is 7.32. The van der Waals surface area contributed by atoms with E-state index in [1.54, 1.807) is 0 Å². The normalized spacial score (nSPS) is 16.5. The van der Waals surface area contributed by atoms with Crippen molar-refractivity contribution in [2.75, 3.05) is 26.2 Å². The molecule has 2 amide bonds. The Hall–Kier alpha value is -3.35. The first-order valence-electron chi connectivity index (χ1n) is 12.4. The Balaban J connectivity index is 1.30. The lowest BCUT2D eigenvalue weighted by atomic mass is 9.90. The average molecular weight is 479 g/mol. The number of nitrogens with one attached hydrogen (secondary N) is 1. The Kier molecular flexibility index (Phi) is 7.73. The van der Waals surface area contributed by atoms with Gasteiger partial charge in [-0.1, -0.05) is 62.4 Å². The van der Waals surface area contributed by atoms with Gasteiger partial charge in [-0.15, -0.1) is 0 Å². The maximum atomic E-state index is 13.1. The summed E-state index contributed by atoms with van der Waals surface area (Å²) in [6, 6.07) is 16.4. The second-order valence-corrected chi connectivity index (χ2v) is 9.92. The molecule has 7 heteroatoms. The molecule has 7 nitrogen and oxygen atoms in total. The van der Waals surface area contributed by atoms with Gasteiger partial charge < -0.3 is 20.1 Å². The number of fused-ring (bicyclic) bond motifs is 3. The fraction of sp³-hybridized carbons (Fsp3) is 0.464. The smallest absolute Gasteiger partial charge is 0.407 e. The zero-order chi connectivity index (χ0) is 24.9. The summed E-state index contributed by atoms with van der Waals surface area (Å²) in [5, 5.41) is 11.8. The molecule has 0 spiro atoms. The minimum Gasteiger partial charge on any atom is -0.481 e. The topological polar surface area (TPSA) is 95.9 Å². The average Bonchev–Trinajstić information content (AvgIpc) is 3.16. The summed E-state index contributed by atoms with van der Waals surface area (Å²) in [4.78, 5) is 38.5. The predicted octanol–water partition coefficient (Wildman–Crippen LogP) is 4.51. The number of hydrogen-bond donors (Lipinski definition) is 2. The van der Waals surface area contributed by atoms with E-state index in [-0.39, 0.29) is 49.2 Å². The summed E-state index contributed by atoms with van der Waals surface area (Å²) < 4.78 is 5.62. The van der Waals surface area contributed by atoms with Gasteiger partial charge in [-0.05, 0) is 46.9 Å². The Bertz CT molecular complexity index is 1030. The van der Waals surface area contributed by atoms with Gasteiger partial charge in [0.15, 0.2) is 0 Å². The Labute approximate surface area is 206 Å². The molecule has 2 aromatic carbocycles. The van der Waals surface area contributed by atoms with E-state index < -0.39 is 12.1 Å². The summed E-state index contributed by atoms with van der Waals surface area (Å²) >= 11 is 0. The third-order valence-electron chi connectivity index (χ3n) is 7.32. The van der Waals surface area contributed by atoms with Crippen LogP contribution in [0.2, 0.25) is 0 Å². The molecule has 1 heterocycles. The van der Waals surface area contributed by atoms with Gasteiger partial charge in [0.05, 0.1) is 5.92 Å². The van der Waals surface area contributed by atoms with E-state index in [9.17, 15) is 14.4 Å². The molecule has 4 rings (SSSR count). The van der Waals surface area contributed by atoms with Crippen LogP contribution < -0.4 is 5.32 Å². The zero-order valence-electron chi connectivity index (χ0n) is 20.4. The molecule has 2 aliphatic rings. The largest absolute Gasteiger partial charge is 0.481 e. The van der Waals surface area contributed by atoms with Crippen LogP contribution in [0.4, 0.5) is 4.79 Å². The standard InChI is InChI=1S/C28H34N2O5/c1-18(2)24(27(33)30-13-11-19(12-14-30)15-26(31)32)16-29-28(34)35-17-25-22-9-5-3-7-20(22)21-8-4-6-10-23(21)25/h3-10,18-19,24-25H,11-17H2,1-2H3,(H,29,34)(H,31,32). The van der Waals surface area contributed by atoms with Crippen LogP contribution in [-0.4, -0.2) is 54.2 Å². The van der Waals surface area contributed by atoms with Crippen LogP contribution in [0.3, 0.4) is 0 Å². The lowest BCUT2D eigenvalue weighted by Gasteiger charge is -2.35. The number of nitrogens with zero attached hydrogens (tertiary/aromatic N) is 1. The van der Waals surface area contributed by atoms with Crippen molar-refractivity contribution < 1.29 is 24.2 Å². The van der Waals surface area contributed by atoms with E-state index in [0.717, 1.165) is 11.1 Å². The number of amides is 2. The molecular weight excluding hydrogens is 444 g/mol. The second-order valence-electron chi connectivity index (χ2n) is 9.92. The number of carboxylic acid groups (broad SMARTS) is 1. The number of rotatable bonds is 8. The van der Waals surface area contributed by atoms with E-state index in [1.165, 1.54) is 11.1 Å². The van der Waals surface area contributed by atoms with Crippen molar-refractivity contribution in [3.05, 3.63) is 59.7 Å². The summed E-state index contributed by atoms with van der Waals surface area (Å²) in [6.45, 7) is 5.51. The van der Waals surface area contributed by atoms with E-state index in [0.29, 0.717) is 25.9 Å². The lowest BCUT2D eigenvalue weighted by molar-refractivity contribution is -0.140. The monoisotopic (exact) mass is 478 g/mol. The van der Waals surface area contributed by atoms with Crippen LogP contribution in [0.1, 0.15) is 50.2 Å². The number of aliphatic carboxylic acids is 1. The molecular formula is C28H34N2O5. The highest BCUT2D eigenvalue weighted by Gasteiger charge is 2.32. The molecule has 1 fully saturated rings. The number of ether oxygens (including phenoxy) is 1. The number of carbonyl (C=O) groups excluding carboxylic acids is 2. The highest BCUT2D eigenvalue weighted by molar-refractivity contribution is 5.81. The molecule has 1 aliphatic carbocycles. The fourth-order valence-electron chi connectivity index (χ4n) is 5.29. The van der Waals surface area contributed by atoms with Crippen molar-refractivity contribution in [1.29, 1.82) is 0 Å². The maximum absolute atomic E-state index is 13.1. The zero-order valence-corrected chi connectivity index (χ0v) is 20.4. The van der Waals surface area contributed by atoms with Crippen molar-refractivity contribution in [2.24, 2.45) is 17.8 Å². The first-order valence-corrected chi connectivity index (χ1v) is 12.4. The van der Waals surface area contributed by atoms with Crippen molar-refractivity contribution in [1.82, 2.24) is 10.2 Å². The number of benzene rings is 2. The van der Waals surface area contributed by atoms with Gasteiger partial charge in [0.2, 0.25) is 5.91 Å². The van der Waals surface area contributed by atoms with Gasteiger partial charge in [-0.25, -0.2) is 4.79 Å². The summed E-state index contributed by atoms with van der Waals surface area (Å²) in [7, 11) is 0. The van der Waals surface area contributed by atoms with E-state index in [2.05, 4.69) is 29.6 Å². The van der Waals surface area contributed by atoms with Crippen molar-refractivity contribution in [3.63, 3.8) is 0 Å². The predicted molar refractivity (Wildman–Crippen MR) is 133 cm³/mol. The van der Waals surface area contributed by atoms with Crippen molar-refractivity contribution in [2.45, 2.75) is 39.0 Å². The Morgan fingerprint density at radius 1 is 1.00 bits per heavy atom. The first kappa shape index (κ1) is 24.8. The number of alkyl carbamates (subject to hydrolysis) is 1. The molecule has 1 atom stereocenters. The van der Waals surface area contributed by atoms with Gasteiger partial charge in [0, 0.05) is 32.0 Å². The Morgan fingerprint density at radius 2 is 1.57 bits per heavy atom. The first-order chi connectivity index (χ1) is 16.8. The highest BCUT2D eigenvalue weighted by atomic mass is 16.5. The second kappa shape index (κ2) is 10.9. The van der Waals surface area contributed by atoms with Gasteiger partial charge in [-0.3, -0.25) is 9.59 Å². The Morgan fingerprint density at radius 3 is 2.11 bits per heavy atom. The minimum atomic E-state index is -0.790. The van der Waals surface area contributed by atoms with E-state index in [4.69, 9.17) is 9.84 Å². The quantitative estimate of drug-likeness (QED) is 0.582. The van der Waals surface area contributed by atoms with Gasteiger partial charge in [0.1, 0.15) is 6.61 Å². The number of hydrogen-bond acceptors (Lipinski definition) is 4. The molecule has 186 valence electrons. The molecule has 0 radical (unpaired) electrons. The maximum Gasteiger partial charge on any atom is 0.407 e. The SMILES string of the molecule is CC(C)C(CNC(=O)OCC1c2ccccc2-c2ccccc21)C(=O)N1CCC(CC(=O)O)CC1. The highest BCUT2D eigenvalue weighted by Crippen LogP contribution is 2.44. The lowest BCUT2D eigenvalue weighted by Crippen LogP contribution is -2.46. The minimum absolute atomic E-state index is 0.00715. The number of likely N-dealkylation sites (tertiary alicyclic amines) is 1. The molecule has 35 heavy (non-hydrogen) atoms. The third kappa shape index (κ3) is 5.66. The summed E-state index contributed by atoms with van der Waals surface area (Å²) in [6.07, 6.45) is 1.02. The van der Waals surface area contributed by atoms with Crippen molar-refractivity contribution >= 4 is 18.0 Å². The van der Waals surface area contributed by atoms with E-state index >= 15 is 0 Å². The van der Waals surface area contributed by atoms with E-state index in [1.807, 2.05) is 43.0 Å². The molecule has 1 aliphatic heterocycles. The number of piperidine rings is 1. The number of carboxylic acids is 1. The van der Waals surface area contributed by atoms with Gasteiger partial charge in [-0.2, -0.15) is 0 Å². The van der Waals surface area contributed by atoms with Crippen LogP contribution in [0.25, 0.3) is 11.1 Å². The molecule has 1 saturated heterocycles. The van der Waals surface area contributed by atoms with Crippen LogP contribution in [0.15, 0.2) is 48.5 Å². The fourth-order valence-corrected chi connectivity index (χ4v) is 5.29.